The van der Waals surface area contributed by atoms with Crippen LogP contribution in [-0.4, -0.2) is 97.0 Å². The maximum absolute atomic E-state index is 14.3. The predicted octanol–water partition coefficient (Wildman–Crippen LogP) is 8.19. The highest BCUT2D eigenvalue weighted by Gasteiger charge is 2.45. The summed E-state index contributed by atoms with van der Waals surface area (Å²) in [6, 6.07) is 19.2. The van der Waals surface area contributed by atoms with Gasteiger partial charge in [0.15, 0.2) is 5.82 Å². The Bertz CT molecular complexity index is 2920. The lowest BCUT2D eigenvalue weighted by molar-refractivity contribution is -0.142. The Morgan fingerprint density at radius 3 is 2.30 bits per heavy atom. The molecular formula is C52H58ClN9O6S2. The predicted molar refractivity (Wildman–Crippen MR) is 273 cm³/mol. The van der Waals surface area contributed by atoms with Crippen molar-refractivity contribution in [3.63, 3.8) is 0 Å². The van der Waals surface area contributed by atoms with Crippen LogP contribution >= 0.6 is 34.3 Å². The molecule has 0 spiro atoms. The standard InChI is InChI=1S/C52H58ClN9O6S2/c1-28-31(4)70-51-43(28)44(34-14-18-37(53)19-15-34)57-40(47-60-59-32(5)62(47)51)25-42(64)54-22-9-23-68-39-20-16-36(17-21-39)48(65)58-46(52(6,7)8)50(67)61-26-38(63)24-41(61)49(66)56-29(2)33-10-12-35(13-11-33)45-30(3)55-27-69-45/h10-21,27,29,38,40-41,46,63H,9,22-26H2,1-8H3,(H,54,64)(H,56,66)(H,58,65)/t29-,38+,40-,41-,46+/m0/s1. The second-order valence-corrected chi connectivity index (χ2v) is 21.5. The van der Waals surface area contributed by atoms with E-state index in [1.165, 1.54) is 4.90 Å². The molecule has 1 fully saturated rings. The molecule has 4 N–H and O–H groups in total. The minimum atomic E-state index is -1.00. The quantitative estimate of drug-likeness (QED) is 0.0735. The van der Waals surface area contributed by atoms with Crippen molar-refractivity contribution in [2.24, 2.45) is 10.4 Å². The topological polar surface area (TPSA) is 193 Å². The number of fused-ring (bicyclic) bond motifs is 3. The number of carbonyl (C=O) groups is 4. The summed E-state index contributed by atoms with van der Waals surface area (Å²) < 4.78 is 7.98. The number of amides is 4. The van der Waals surface area contributed by atoms with Gasteiger partial charge in [-0.15, -0.1) is 32.9 Å². The Hall–Kier alpha value is -6.27. The van der Waals surface area contributed by atoms with Crippen LogP contribution < -0.4 is 20.7 Å². The molecule has 15 nitrogen and oxygen atoms in total. The van der Waals surface area contributed by atoms with Crippen LogP contribution in [0.3, 0.4) is 0 Å². The highest BCUT2D eigenvalue weighted by Crippen LogP contribution is 2.40. The number of halogens is 1. The molecule has 18 heteroatoms. The van der Waals surface area contributed by atoms with Crippen LogP contribution in [0, 0.1) is 33.1 Å². The number of aliphatic hydroxyl groups is 1. The molecule has 0 aliphatic carbocycles. The number of β-amino-alcohol motifs (C(OH)–C–C–N with tert-alkyl or cyclic N) is 1. The minimum absolute atomic E-state index is 0.0346. The number of ether oxygens (including phenoxy) is 1. The van der Waals surface area contributed by atoms with Crippen LogP contribution in [-0.2, 0) is 14.4 Å². The number of aromatic nitrogens is 4. The molecular weight excluding hydrogens is 946 g/mol. The van der Waals surface area contributed by atoms with Crippen LogP contribution in [0.5, 0.6) is 5.75 Å². The van der Waals surface area contributed by atoms with Gasteiger partial charge in [-0.25, -0.2) is 4.98 Å². The van der Waals surface area contributed by atoms with Crippen molar-refractivity contribution in [3.05, 3.63) is 133 Å². The number of benzene rings is 3. The molecule has 8 rings (SSSR count). The van der Waals surface area contributed by atoms with Crippen molar-refractivity contribution < 1.29 is 29.0 Å². The van der Waals surface area contributed by atoms with Crippen LogP contribution in [0.1, 0.15) is 114 Å². The van der Waals surface area contributed by atoms with E-state index < -0.39 is 41.5 Å². The number of nitrogens with zero attached hydrogens (tertiary/aromatic N) is 6. The number of aliphatic hydroxyl groups excluding tert-OH is 1. The fraction of sp³-hybridized carbons (Fsp3) is 0.385. The van der Waals surface area contributed by atoms with Gasteiger partial charge < -0.3 is 30.7 Å². The average molecular weight is 1000 g/mol. The second kappa shape index (κ2) is 21.0. The third-order valence-corrected chi connectivity index (χ3v) is 15.2. The Balaban J connectivity index is 0.836. The third kappa shape index (κ3) is 10.9. The van der Waals surface area contributed by atoms with E-state index in [1.54, 1.807) is 46.9 Å². The zero-order valence-corrected chi connectivity index (χ0v) is 42.9. The lowest BCUT2D eigenvalue weighted by Gasteiger charge is -2.35. The summed E-state index contributed by atoms with van der Waals surface area (Å²) in [7, 11) is 0. The highest BCUT2D eigenvalue weighted by atomic mass is 35.5. The lowest BCUT2D eigenvalue weighted by Crippen LogP contribution is -2.57. The first-order valence-electron chi connectivity index (χ1n) is 23.3. The van der Waals surface area contributed by atoms with Crippen molar-refractivity contribution in [2.45, 2.75) is 105 Å². The smallest absolute Gasteiger partial charge is 0.251 e. The van der Waals surface area contributed by atoms with Gasteiger partial charge in [-0.2, -0.15) is 0 Å². The maximum Gasteiger partial charge on any atom is 0.251 e. The van der Waals surface area contributed by atoms with E-state index in [1.807, 2.05) is 100 Å². The van der Waals surface area contributed by atoms with Crippen molar-refractivity contribution in [2.75, 3.05) is 19.7 Å². The number of nitrogens with one attached hydrogen (secondary N) is 3. The molecule has 70 heavy (non-hydrogen) atoms. The van der Waals surface area contributed by atoms with Crippen molar-refractivity contribution >= 4 is 63.6 Å². The van der Waals surface area contributed by atoms with E-state index >= 15 is 0 Å². The molecule has 0 saturated carbocycles. The highest BCUT2D eigenvalue weighted by molar-refractivity contribution is 7.15. The molecule has 3 aromatic carbocycles. The Kier molecular flexibility index (Phi) is 15.0. The fourth-order valence-corrected chi connectivity index (χ4v) is 11.0. The van der Waals surface area contributed by atoms with Crippen molar-refractivity contribution in [1.82, 2.24) is 40.6 Å². The lowest BCUT2D eigenvalue weighted by atomic mass is 9.85. The van der Waals surface area contributed by atoms with E-state index in [0.29, 0.717) is 47.6 Å². The summed E-state index contributed by atoms with van der Waals surface area (Å²) in [5, 5.41) is 30.1. The monoisotopic (exact) mass is 1000 g/mol. The number of hydrogen-bond donors (Lipinski definition) is 4. The first-order chi connectivity index (χ1) is 33.4. The molecule has 0 bridgehead atoms. The molecule has 6 aromatic rings. The molecule has 2 aliphatic rings. The van der Waals surface area contributed by atoms with Crippen LogP contribution in [0.25, 0.3) is 15.4 Å². The first kappa shape index (κ1) is 50.1. The van der Waals surface area contributed by atoms with Crippen molar-refractivity contribution in [3.8, 4) is 21.2 Å². The molecule has 0 radical (unpaired) electrons. The summed E-state index contributed by atoms with van der Waals surface area (Å²) in [4.78, 5) is 68.3. The van der Waals surface area contributed by atoms with E-state index in [4.69, 9.17) is 21.3 Å². The zero-order chi connectivity index (χ0) is 50.0. The first-order valence-corrected chi connectivity index (χ1v) is 25.4. The van der Waals surface area contributed by atoms with Gasteiger partial charge >= 0.3 is 0 Å². The van der Waals surface area contributed by atoms with Crippen LogP contribution in [0.15, 0.2) is 83.3 Å². The molecule has 5 heterocycles. The number of thiazole rings is 1. The summed E-state index contributed by atoms with van der Waals surface area (Å²) in [6.07, 6.45) is -0.238. The summed E-state index contributed by atoms with van der Waals surface area (Å²) in [5.41, 5.74) is 8.06. The normalized spacial score (nSPS) is 17.4. The summed E-state index contributed by atoms with van der Waals surface area (Å²) in [5.74, 6) is 0.357. The SMILES string of the molecule is Cc1ncsc1-c1ccc([C@H](C)NC(=O)[C@@H]2C[C@@H](O)CN2C(=O)[C@@H](NC(=O)c2ccc(OCCCNC(=O)C[C@@H]3N=C(c4ccc(Cl)cc4)c4c(sc(C)c4C)-n4c(C)nnc43)cc2)C(C)(C)C)cc1. The van der Waals surface area contributed by atoms with E-state index in [9.17, 15) is 24.3 Å². The average Bonchev–Trinajstić information content (AvgIpc) is 4.10. The molecule has 1 saturated heterocycles. The molecule has 366 valence electrons. The Labute approximate surface area is 420 Å². The van der Waals surface area contributed by atoms with Gasteiger partial charge in [0, 0.05) is 46.1 Å². The fourth-order valence-electron chi connectivity index (χ4n) is 8.80. The molecule has 3 aromatic heterocycles. The van der Waals surface area contributed by atoms with Gasteiger partial charge in [-0.1, -0.05) is 68.8 Å². The summed E-state index contributed by atoms with van der Waals surface area (Å²) >= 11 is 9.48. The van der Waals surface area contributed by atoms with Crippen LogP contribution in [0.4, 0.5) is 0 Å². The van der Waals surface area contributed by atoms with E-state index in [0.717, 1.165) is 54.0 Å². The minimum Gasteiger partial charge on any atom is -0.494 e. The van der Waals surface area contributed by atoms with Gasteiger partial charge in [-0.05, 0) is 99.5 Å². The van der Waals surface area contributed by atoms with Gasteiger partial charge in [0.05, 0.1) is 47.0 Å². The van der Waals surface area contributed by atoms with Crippen LogP contribution in [0.2, 0.25) is 5.02 Å². The second-order valence-electron chi connectivity index (χ2n) is 19.0. The molecule has 0 unspecified atom stereocenters. The number of thiophene rings is 1. The summed E-state index contributed by atoms with van der Waals surface area (Å²) in [6.45, 7) is 16.1. The zero-order valence-electron chi connectivity index (χ0n) is 40.5. The number of rotatable bonds is 15. The van der Waals surface area contributed by atoms with Gasteiger partial charge in [-0.3, -0.25) is 28.7 Å². The van der Waals surface area contributed by atoms with E-state index in [2.05, 4.69) is 45.0 Å². The van der Waals surface area contributed by atoms with Gasteiger partial charge in [0.2, 0.25) is 17.7 Å². The van der Waals surface area contributed by atoms with E-state index in [-0.39, 0.29) is 37.2 Å². The molecule has 4 amide bonds. The maximum atomic E-state index is 14.3. The Morgan fingerprint density at radius 1 is 0.929 bits per heavy atom. The number of hydrogen-bond acceptors (Lipinski definition) is 12. The molecule has 5 atom stereocenters. The van der Waals surface area contributed by atoms with Crippen molar-refractivity contribution in [1.29, 1.82) is 0 Å². The number of likely N-dealkylation sites (tertiary alicyclic amines) is 1. The van der Waals surface area contributed by atoms with Gasteiger partial charge in [0.1, 0.15) is 34.7 Å². The largest absolute Gasteiger partial charge is 0.494 e. The number of carbonyl (C=O) groups excluding carboxylic acids is 4. The Morgan fingerprint density at radius 2 is 1.63 bits per heavy atom. The number of aliphatic imine (C=N–C) groups is 1. The third-order valence-electron chi connectivity index (χ3n) is 12.8. The number of aryl methyl sites for hydroxylation is 3. The molecule has 2 aliphatic heterocycles. The van der Waals surface area contributed by atoms with Gasteiger partial charge in [0.25, 0.3) is 5.91 Å².